The summed E-state index contributed by atoms with van der Waals surface area (Å²) in [6.07, 6.45) is 2.62. The first kappa shape index (κ1) is 21.8. The van der Waals surface area contributed by atoms with E-state index in [1.807, 2.05) is 13.0 Å². The van der Waals surface area contributed by atoms with Crippen LogP contribution in [0.5, 0.6) is 0 Å². The molecule has 0 aliphatic rings. The largest absolute Gasteiger partial charge is 0.357 e. The summed E-state index contributed by atoms with van der Waals surface area (Å²) in [7, 11) is 0. The minimum atomic E-state index is -2.61. The summed E-state index contributed by atoms with van der Waals surface area (Å²) in [4.78, 5) is 9.58. The molecule has 2 aromatic rings. The summed E-state index contributed by atoms with van der Waals surface area (Å²) in [5.74, 6) is 0.825. The molecular weight excluding hydrogens is 459 g/mol. The van der Waals surface area contributed by atoms with E-state index in [1.165, 1.54) is 17.3 Å². The van der Waals surface area contributed by atoms with E-state index >= 15 is 0 Å². The number of hydrogen-bond acceptors (Lipinski definition) is 3. The maximum Gasteiger partial charge on any atom is 0.319 e. The Hall–Kier alpha value is -1.23. The molecule has 0 aliphatic heterocycles. The lowest BCUT2D eigenvalue weighted by atomic mass is 9.91. The normalized spacial score (nSPS) is 12.2. The first-order valence-electron chi connectivity index (χ1n) is 7.80. The second-order valence-electron chi connectivity index (χ2n) is 5.94. The van der Waals surface area contributed by atoms with Gasteiger partial charge < -0.3 is 10.6 Å². The molecular formula is C16H24F2IN5S. The number of aliphatic imine (C=N–C) groups is 1. The summed E-state index contributed by atoms with van der Waals surface area (Å²) in [6.45, 7) is 5.12. The fraction of sp³-hybridized carbons (Fsp3) is 0.500. The Morgan fingerprint density at radius 2 is 2.16 bits per heavy atom. The van der Waals surface area contributed by atoms with Gasteiger partial charge in [-0.3, -0.25) is 4.57 Å². The first-order chi connectivity index (χ1) is 11.4. The number of rotatable bonds is 7. The third-order valence-electron chi connectivity index (χ3n) is 3.57. The third-order valence-corrected chi connectivity index (χ3v) is 4.80. The predicted molar refractivity (Wildman–Crippen MR) is 109 cm³/mol. The zero-order valence-electron chi connectivity index (χ0n) is 14.5. The van der Waals surface area contributed by atoms with Crippen molar-refractivity contribution in [2.75, 3.05) is 13.1 Å². The van der Waals surface area contributed by atoms with Crippen LogP contribution in [0.3, 0.4) is 0 Å². The van der Waals surface area contributed by atoms with Crippen LogP contribution in [0, 0.1) is 0 Å². The highest BCUT2D eigenvalue weighted by atomic mass is 127. The number of halogens is 3. The van der Waals surface area contributed by atoms with Crippen LogP contribution < -0.4 is 10.6 Å². The van der Waals surface area contributed by atoms with Crippen LogP contribution in [-0.4, -0.2) is 28.6 Å². The second-order valence-corrected chi connectivity index (χ2v) is 6.89. The summed E-state index contributed by atoms with van der Waals surface area (Å²) < 4.78 is 26.5. The number of aromatic nitrogens is 2. The van der Waals surface area contributed by atoms with E-state index in [0.717, 1.165) is 4.57 Å². The van der Waals surface area contributed by atoms with Crippen LogP contribution in [0.4, 0.5) is 8.78 Å². The number of nitrogens with zero attached hydrogens (tertiary/aromatic N) is 3. The fourth-order valence-electron chi connectivity index (χ4n) is 2.19. The van der Waals surface area contributed by atoms with Crippen LogP contribution in [0.25, 0.3) is 0 Å². The standard InChI is InChI=1S/C16H23F2N5S.HI/c1-4-19-15(21-10-13-20-7-8-23(13)14(17)18)22-11-16(2,3)12-6-5-9-24-12;/h5-9,14H,4,10-11H2,1-3H3,(H2,19,21,22);1H. The molecule has 0 radical (unpaired) electrons. The Kier molecular flexibility index (Phi) is 8.77. The van der Waals surface area contributed by atoms with E-state index in [-0.39, 0.29) is 41.8 Å². The van der Waals surface area contributed by atoms with Gasteiger partial charge in [-0.2, -0.15) is 8.78 Å². The average molecular weight is 483 g/mol. The zero-order valence-corrected chi connectivity index (χ0v) is 17.6. The van der Waals surface area contributed by atoms with Gasteiger partial charge >= 0.3 is 6.55 Å². The minimum Gasteiger partial charge on any atom is -0.357 e. The monoisotopic (exact) mass is 483 g/mol. The summed E-state index contributed by atoms with van der Waals surface area (Å²) in [5.41, 5.74) is -0.0498. The van der Waals surface area contributed by atoms with Gasteiger partial charge in [-0.05, 0) is 18.4 Å². The van der Waals surface area contributed by atoms with Crippen molar-refractivity contribution in [1.82, 2.24) is 20.2 Å². The van der Waals surface area contributed by atoms with E-state index in [9.17, 15) is 8.78 Å². The van der Waals surface area contributed by atoms with Gasteiger partial charge in [-0.1, -0.05) is 19.9 Å². The van der Waals surface area contributed by atoms with Crippen LogP contribution in [0.15, 0.2) is 34.9 Å². The molecule has 2 heterocycles. The van der Waals surface area contributed by atoms with Crippen molar-refractivity contribution in [3.05, 3.63) is 40.6 Å². The van der Waals surface area contributed by atoms with Crippen LogP contribution >= 0.6 is 35.3 Å². The molecule has 0 aromatic carbocycles. The molecule has 0 saturated heterocycles. The maximum atomic E-state index is 12.8. The van der Waals surface area contributed by atoms with Gasteiger partial charge in [0.1, 0.15) is 12.4 Å². The molecule has 140 valence electrons. The maximum absolute atomic E-state index is 12.8. The van der Waals surface area contributed by atoms with E-state index < -0.39 is 6.55 Å². The molecule has 2 N–H and O–H groups in total. The van der Waals surface area contributed by atoms with Gasteiger partial charge in [0.25, 0.3) is 0 Å². The number of imidazole rings is 1. The Balaban J connectivity index is 0.00000312. The highest BCUT2D eigenvalue weighted by molar-refractivity contribution is 14.0. The summed E-state index contributed by atoms with van der Waals surface area (Å²) >= 11 is 1.71. The van der Waals surface area contributed by atoms with E-state index in [2.05, 4.69) is 45.9 Å². The molecule has 25 heavy (non-hydrogen) atoms. The third kappa shape index (κ3) is 6.21. The molecule has 0 spiro atoms. The number of alkyl halides is 2. The van der Waals surface area contributed by atoms with Crippen molar-refractivity contribution in [3.63, 3.8) is 0 Å². The van der Waals surface area contributed by atoms with E-state index in [4.69, 9.17) is 0 Å². The molecule has 0 atom stereocenters. The van der Waals surface area contributed by atoms with E-state index in [1.54, 1.807) is 11.3 Å². The number of guanidine groups is 1. The van der Waals surface area contributed by atoms with Gasteiger partial charge in [0.15, 0.2) is 5.96 Å². The smallest absolute Gasteiger partial charge is 0.319 e. The van der Waals surface area contributed by atoms with E-state index in [0.29, 0.717) is 19.0 Å². The lowest BCUT2D eigenvalue weighted by Gasteiger charge is -2.25. The highest BCUT2D eigenvalue weighted by Gasteiger charge is 2.22. The molecule has 0 fully saturated rings. The quantitative estimate of drug-likeness (QED) is 0.356. The Morgan fingerprint density at radius 3 is 2.76 bits per heavy atom. The molecule has 0 aliphatic carbocycles. The molecule has 2 aromatic heterocycles. The van der Waals surface area contributed by atoms with Gasteiger partial charge in [-0.15, -0.1) is 35.3 Å². The molecule has 2 rings (SSSR count). The van der Waals surface area contributed by atoms with Crippen LogP contribution in [0.1, 0.15) is 38.0 Å². The first-order valence-corrected chi connectivity index (χ1v) is 8.68. The zero-order chi connectivity index (χ0) is 17.6. The molecule has 0 saturated carbocycles. The lowest BCUT2D eigenvalue weighted by Crippen LogP contribution is -2.43. The highest BCUT2D eigenvalue weighted by Crippen LogP contribution is 2.26. The molecule has 0 amide bonds. The van der Waals surface area contributed by atoms with Crippen LogP contribution in [0.2, 0.25) is 0 Å². The molecule has 5 nitrogen and oxygen atoms in total. The van der Waals surface area contributed by atoms with Crippen molar-refractivity contribution in [1.29, 1.82) is 0 Å². The van der Waals surface area contributed by atoms with Crippen molar-refractivity contribution < 1.29 is 8.78 Å². The predicted octanol–water partition coefficient (Wildman–Crippen LogP) is 3.99. The fourth-order valence-corrected chi connectivity index (χ4v) is 3.04. The average Bonchev–Trinajstić information content (AvgIpc) is 3.20. The topological polar surface area (TPSA) is 54.2 Å². The lowest BCUT2D eigenvalue weighted by molar-refractivity contribution is 0.0671. The van der Waals surface area contributed by atoms with Gasteiger partial charge in [0.05, 0.1) is 0 Å². The molecule has 0 bridgehead atoms. The second kappa shape index (κ2) is 10.0. The summed E-state index contributed by atoms with van der Waals surface area (Å²) in [6, 6.07) is 4.14. The Labute approximate surface area is 168 Å². The van der Waals surface area contributed by atoms with Gasteiger partial charge in [-0.25, -0.2) is 9.98 Å². The number of thiophene rings is 1. The van der Waals surface area contributed by atoms with Gasteiger partial charge in [0, 0.05) is 35.8 Å². The van der Waals surface area contributed by atoms with Crippen molar-refractivity contribution in [2.24, 2.45) is 4.99 Å². The number of nitrogens with one attached hydrogen (secondary N) is 2. The van der Waals surface area contributed by atoms with Crippen molar-refractivity contribution in [2.45, 2.75) is 39.3 Å². The minimum absolute atomic E-state index is 0. The van der Waals surface area contributed by atoms with Crippen molar-refractivity contribution in [3.8, 4) is 0 Å². The Bertz CT molecular complexity index is 655. The van der Waals surface area contributed by atoms with Crippen molar-refractivity contribution >= 4 is 41.3 Å². The number of hydrogen-bond donors (Lipinski definition) is 2. The van der Waals surface area contributed by atoms with Crippen LogP contribution in [-0.2, 0) is 12.0 Å². The molecule has 9 heteroatoms. The van der Waals surface area contributed by atoms with Gasteiger partial charge in [0.2, 0.25) is 0 Å². The molecule has 0 unspecified atom stereocenters. The Morgan fingerprint density at radius 1 is 1.40 bits per heavy atom. The SMILES string of the molecule is CCNC(=NCc1nccn1C(F)F)NCC(C)(C)c1cccs1.I. The summed E-state index contributed by atoms with van der Waals surface area (Å²) in [5, 5.41) is 8.47.